The van der Waals surface area contributed by atoms with Crippen LogP contribution in [0, 0.1) is 5.82 Å². The number of nitrogens with one attached hydrogen (secondary N) is 1. The van der Waals surface area contributed by atoms with Gasteiger partial charge in [0.25, 0.3) is 0 Å². The Balaban J connectivity index is 2.10. The van der Waals surface area contributed by atoms with Gasteiger partial charge < -0.3 is 21.4 Å². The van der Waals surface area contributed by atoms with Gasteiger partial charge in [0, 0.05) is 17.6 Å². The van der Waals surface area contributed by atoms with E-state index in [0.717, 1.165) is 25.7 Å². The second-order valence-corrected chi connectivity index (χ2v) is 5.69. The topological polar surface area (TPSA) is 90.9 Å². The summed E-state index contributed by atoms with van der Waals surface area (Å²) in [5, 5.41) is 24.6. The quantitative estimate of drug-likeness (QED) is 0.288. The average molecular weight is 295 g/mol. The van der Waals surface area contributed by atoms with E-state index in [-0.39, 0.29) is 18.0 Å². The van der Waals surface area contributed by atoms with E-state index in [0.29, 0.717) is 17.7 Å². The van der Waals surface area contributed by atoms with E-state index in [1.54, 1.807) is 6.07 Å². The largest absolute Gasteiger partial charge is 0.409 e. The van der Waals surface area contributed by atoms with Crippen LogP contribution in [-0.2, 0) is 6.54 Å². The van der Waals surface area contributed by atoms with E-state index in [1.807, 2.05) is 0 Å². The number of benzene rings is 1. The zero-order valence-electron chi connectivity index (χ0n) is 12.0. The molecule has 1 aromatic rings. The summed E-state index contributed by atoms with van der Waals surface area (Å²) in [4.78, 5) is 0. The van der Waals surface area contributed by atoms with Crippen molar-refractivity contribution in [1.29, 1.82) is 0 Å². The first-order chi connectivity index (χ1) is 10.1. The highest BCUT2D eigenvalue weighted by molar-refractivity contribution is 5.97. The summed E-state index contributed by atoms with van der Waals surface area (Å²) in [6, 6.07) is 4.31. The van der Waals surface area contributed by atoms with Crippen LogP contribution in [0.25, 0.3) is 0 Å². The molecular weight excluding hydrogens is 273 g/mol. The van der Waals surface area contributed by atoms with Gasteiger partial charge in [-0.1, -0.05) is 24.4 Å². The number of rotatable bonds is 5. The summed E-state index contributed by atoms with van der Waals surface area (Å²) in [7, 11) is 0. The minimum Gasteiger partial charge on any atom is -0.409 e. The molecule has 1 aliphatic carbocycles. The fraction of sp³-hybridized carbons (Fsp3) is 0.533. The molecule has 6 heteroatoms. The molecule has 1 aromatic carbocycles. The van der Waals surface area contributed by atoms with Gasteiger partial charge in [-0.15, -0.1) is 0 Å². The monoisotopic (exact) mass is 295 g/mol. The predicted octanol–water partition coefficient (Wildman–Crippen LogP) is 1.70. The van der Waals surface area contributed by atoms with Crippen molar-refractivity contribution in [2.45, 2.75) is 44.2 Å². The highest BCUT2D eigenvalue weighted by atomic mass is 19.1. The number of nitrogens with two attached hydrogens (primary N) is 1. The molecule has 0 spiro atoms. The predicted molar refractivity (Wildman–Crippen MR) is 78.7 cm³/mol. The molecule has 0 unspecified atom stereocenters. The van der Waals surface area contributed by atoms with Crippen molar-refractivity contribution >= 4 is 5.84 Å². The molecular formula is C15H22FN3O2. The van der Waals surface area contributed by atoms with Gasteiger partial charge >= 0.3 is 0 Å². The fourth-order valence-electron chi connectivity index (χ4n) is 2.87. The Kier molecular flexibility index (Phi) is 5.14. The van der Waals surface area contributed by atoms with E-state index < -0.39 is 5.82 Å². The molecule has 0 aromatic heterocycles. The summed E-state index contributed by atoms with van der Waals surface area (Å²) < 4.78 is 13.6. The normalized spacial score (nSPS) is 18.7. The van der Waals surface area contributed by atoms with Crippen molar-refractivity contribution < 1.29 is 14.7 Å². The molecule has 1 fully saturated rings. The summed E-state index contributed by atoms with van der Waals surface area (Å²) in [6.45, 7) is 0.513. The number of aliphatic hydroxyl groups excluding tert-OH is 1. The number of hydrogen-bond acceptors (Lipinski definition) is 4. The molecule has 0 saturated heterocycles. The smallest absolute Gasteiger partial charge is 0.170 e. The minimum absolute atomic E-state index is 0.0788. The highest BCUT2D eigenvalue weighted by Crippen LogP contribution is 2.28. The molecule has 0 bridgehead atoms. The van der Waals surface area contributed by atoms with E-state index >= 15 is 0 Å². The zero-order valence-corrected chi connectivity index (χ0v) is 12.0. The van der Waals surface area contributed by atoms with Crippen LogP contribution in [0.4, 0.5) is 4.39 Å². The molecule has 5 N–H and O–H groups in total. The standard InChI is InChI=1S/C15H22FN3O2/c16-13-7-11(6-12(8-13)14(17)19-21)9-18-15(10-20)4-2-1-3-5-15/h6-8,18,20-21H,1-5,9-10H2,(H2,17,19). The van der Waals surface area contributed by atoms with Crippen LogP contribution < -0.4 is 11.1 Å². The minimum atomic E-state index is -0.433. The molecule has 1 aliphatic rings. The second kappa shape index (κ2) is 6.87. The first-order valence-electron chi connectivity index (χ1n) is 7.22. The SMILES string of the molecule is N/C(=N/O)c1cc(F)cc(CNC2(CO)CCCCC2)c1. The molecule has 0 atom stereocenters. The number of nitrogens with zero attached hydrogens (tertiary/aromatic N) is 1. The number of hydrogen-bond donors (Lipinski definition) is 4. The van der Waals surface area contributed by atoms with Gasteiger partial charge in [-0.05, 0) is 36.6 Å². The molecule has 1 saturated carbocycles. The third-order valence-electron chi connectivity index (χ3n) is 4.14. The molecule has 0 aliphatic heterocycles. The number of halogens is 1. The lowest BCUT2D eigenvalue weighted by Crippen LogP contribution is -2.49. The van der Waals surface area contributed by atoms with E-state index in [1.165, 1.54) is 18.6 Å². The van der Waals surface area contributed by atoms with Gasteiger partial charge in [-0.25, -0.2) is 4.39 Å². The van der Waals surface area contributed by atoms with Gasteiger partial charge in [-0.2, -0.15) is 0 Å². The third-order valence-corrected chi connectivity index (χ3v) is 4.14. The summed E-state index contributed by atoms with van der Waals surface area (Å²) in [5.41, 5.74) is 6.27. The average Bonchev–Trinajstić information content (AvgIpc) is 2.52. The lowest BCUT2D eigenvalue weighted by molar-refractivity contribution is 0.119. The van der Waals surface area contributed by atoms with Gasteiger partial charge in [0.1, 0.15) is 5.82 Å². The molecule has 0 amide bonds. The third kappa shape index (κ3) is 3.92. The van der Waals surface area contributed by atoms with E-state index in [4.69, 9.17) is 10.9 Å². The first kappa shape index (κ1) is 15.7. The molecule has 116 valence electrons. The van der Waals surface area contributed by atoms with Crippen LogP contribution in [-0.4, -0.2) is 28.3 Å². The van der Waals surface area contributed by atoms with Crippen LogP contribution in [0.1, 0.15) is 43.2 Å². The molecule has 0 radical (unpaired) electrons. The summed E-state index contributed by atoms with van der Waals surface area (Å²) >= 11 is 0. The Morgan fingerprint density at radius 1 is 1.29 bits per heavy atom. The van der Waals surface area contributed by atoms with Gasteiger partial charge in [0.05, 0.1) is 6.61 Å². The van der Waals surface area contributed by atoms with E-state index in [2.05, 4.69) is 10.5 Å². The Bertz CT molecular complexity index is 514. The summed E-state index contributed by atoms with van der Waals surface area (Å²) in [5.74, 6) is -0.553. The highest BCUT2D eigenvalue weighted by Gasteiger charge is 2.30. The molecule has 0 heterocycles. The van der Waals surface area contributed by atoms with Crippen LogP contribution in [0.15, 0.2) is 23.4 Å². The molecule has 2 rings (SSSR count). The van der Waals surface area contributed by atoms with Crippen molar-refractivity contribution in [3.8, 4) is 0 Å². The van der Waals surface area contributed by atoms with Crippen LogP contribution in [0.3, 0.4) is 0 Å². The Morgan fingerprint density at radius 2 is 2.00 bits per heavy atom. The number of amidine groups is 1. The molecule has 5 nitrogen and oxygen atoms in total. The summed E-state index contributed by atoms with van der Waals surface area (Å²) in [6.07, 6.45) is 5.22. The fourth-order valence-corrected chi connectivity index (χ4v) is 2.87. The van der Waals surface area contributed by atoms with Crippen LogP contribution in [0.2, 0.25) is 0 Å². The van der Waals surface area contributed by atoms with Crippen molar-refractivity contribution in [2.75, 3.05) is 6.61 Å². The van der Waals surface area contributed by atoms with Crippen molar-refractivity contribution in [3.63, 3.8) is 0 Å². The van der Waals surface area contributed by atoms with Crippen LogP contribution in [0.5, 0.6) is 0 Å². The molecule has 21 heavy (non-hydrogen) atoms. The zero-order chi connectivity index (χ0) is 15.3. The van der Waals surface area contributed by atoms with Crippen LogP contribution >= 0.6 is 0 Å². The lowest BCUT2D eigenvalue weighted by atomic mass is 9.82. The van der Waals surface area contributed by atoms with Crippen molar-refractivity contribution in [2.24, 2.45) is 10.9 Å². The van der Waals surface area contributed by atoms with Gasteiger partial charge in [0.2, 0.25) is 0 Å². The Hall–Kier alpha value is -1.66. The van der Waals surface area contributed by atoms with E-state index in [9.17, 15) is 9.50 Å². The Morgan fingerprint density at radius 3 is 2.62 bits per heavy atom. The maximum Gasteiger partial charge on any atom is 0.170 e. The maximum atomic E-state index is 13.6. The van der Waals surface area contributed by atoms with Gasteiger partial charge in [-0.3, -0.25) is 0 Å². The Labute approximate surface area is 123 Å². The number of aliphatic hydroxyl groups is 1. The lowest BCUT2D eigenvalue weighted by Gasteiger charge is -2.36. The van der Waals surface area contributed by atoms with Crippen molar-refractivity contribution in [1.82, 2.24) is 5.32 Å². The first-order valence-corrected chi connectivity index (χ1v) is 7.22. The van der Waals surface area contributed by atoms with Crippen molar-refractivity contribution in [3.05, 3.63) is 35.1 Å². The van der Waals surface area contributed by atoms with Gasteiger partial charge in [0.15, 0.2) is 5.84 Å². The maximum absolute atomic E-state index is 13.6. The second-order valence-electron chi connectivity index (χ2n) is 5.69. The number of oxime groups is 1.